The van der Waals surface area contributed by atoms with Gasteiger partial charge in [0, 0.05) is 24.7 Å². The Labute approximate surface area is 231 Å². The third kappa shape index (κ3) is 6.03. The second-order valence-corrected chi connectivity index (χ2v) is 13.2. The zero-order chi connectivity index (χ0) is 27.6. The third-order valence-electron chi connectivity index (χ3n) is 7.99. The van der Waals surface area contributed by atoms with Crippen molar-refractivity contribution in [3.63, 3.8) is 0 Å². The van der Waals surface area contributed by atoms with Gasteiger partial charge in [0.05, 0.1) is 17.0 Å². The van der Waals surface area contributed by atoms with Crippen LogP contribution < -0.4 is 10.0 Å². The molecule has 0 radical (unpaired) electrons. The molecule has 0 bridgehead atoms. The van der Waals surface area contributed by atoms with Gasteiger partial charge >= 0.3 is 0 Å². The van der Waals surface area contributed by atoms with Gasteiger partial charge in [-0.3, -0.25) is 14.3 Å². The zero-order valence-electron chi connectivity index (χ0n) is 22.8. The van der Waals surface area contributed by atoms with Gasteiger partial charge in [0.2, 0.25) is 10.0 Å². The average molecular weight is 551 g/mol. The molecule has 5 rings (SSSR count). The molecule has 1 saturated carbocycles. The first-order chi connectivity index (χ1) is 18.7. The molecule has 1 aliphatic heterocycles. The summed E-state index contributed by atoms with van der Waals surface area (Å²) in [6.45, 7) is 4.81. The van der Waals surface area contributed by atoms with Crippen molar-refractivity contribution in [3.05, 3.63) is 70.6 Å². The summed E-state index contributed by atoms with van der Waals surface area (Å²) in [5, 5.41) is 6.97. The van der Waals surface area contributed by atoms with Crippen molar-refractivity contribution < 1.29 is 18.0 Å². The molecular formula is C30H38N4O4S. The lowest BCUT2D eigenvalue weighted by Gasteiger charge is -2.36. The fourth-order valence-corrected chi connectivity index (χ4v) is 6.82. The van der Waals surface area contributed by atoms with Gasteiger partial charge in [-0.2, -0.15) is 5.10 Å². The SMILES string of the molecule is CCC/C=C/CCn1cc([C@]2(C)CC(c3ccc4c(c3)CCCC4)=C(C(=O)NS(=O)(=O)C3CC3)C(=O)N2)cn1. The molecule has 2 aromatic rings. The number of aryl methyl sites for hydroxylation is 3. The van der Waals surface area contributed by atoms with Gasteiger partial charge in [-0.15, -0.1) is 0 Å². The predicted molar refractivity (Wildman–Crippen MR) is 151 cm³/mol. The number of hydrogen-bond donors (Lipinski definition) is 2. The van der Waals surface area contributed by atoms with Crippen LogP contribution in [0.15, 0.2) is 48.3 Å². The number of amides is 2. The number of rotatable bonds is 10. The molecule has 2 N–H and O–H groups in total. The number of nitrogens with one attached hydrogen (secondary N) is 2. The Hall–Kier alpha value is -3.20. The van der Waals surface area contributed by atoms with E-state index in [1.807, 2.05) is 23.9 Å². The van der Waals surface area contributed by atoms with Gasteiger partial charge in [-0.25, -0.2) is 13.1 Å². The van der Waals surface area contributed by atoms with Gasteiger partial charge in [0.25, 0.3) is 11.8 Å². The van der Waals surface area contributed by atoms with Gasteiger partial charge in [0.15, 0.2) is 0 Å². The number of carbonyl (C=O) groups is 2. The molecule has 0 unspecified atom stereocenters. The summed E-state index contributed by atoms with van der Waals surface area (Å²) in [6, 6.07) is 6.13. The molecule has 1 aromatic carbocycles. The molecular weight excluding hydrogens is 512 g/mol. The molecule has 2 heterocycles. The van der Waals surface area contributed by atoms with E-state index in [4.69, 9.17) is 0 Å². The lowest BCUT2D eigenvalue weighted by atomic mass is 9.78. The quantitative estimate of drug-likeness (QED) is 0.339. The van der Waals surface area contributed by atoms with Gasteiger partial charge < -0.3 is 5.32 Å². The van der Waals surface area contributed by atoms with E-state index in [1.54, 1.807) is 6.20 Å². The monoisotopic (exact) mass is 550 g/mol. The molecule has 1 aromatic heterocycles. The number of hydrogen-bond acceptors (Lipinski definition) is 5. The molecule has 9 heteroatoms. The van der Waals surface area contributed by atoms with Crippen LogP contribution in [0.2, 0.25) is 0 Å². The van der Waals surface area contributed by atoms with Gasteiger partial charge in [-0.05, 0) is 80.6 Å². The van der Waals surface area contributed by atoms with Crippen molar-refractivity contribution in [2.75, 3.05) is 0 Å². The van der Waals surface area contributed by atoms with E-state index in [9.17, 15) is 18.0 Å². The smallest absolute Gasteiger partial charge is 0.270 e. The average Bonchev–Trinajstić information content (AvgIpc) is 3.66. The number of fused-ring (bicyclic) bond motifs is 1. The first-order valence-electron chi connectivity index (χ1n) is 14.1. The van der Waals surface area contributed by atoms with Crippen LogP contribution in [-0.2, 0) is 44.5 Å². The van der Waals surface area contributed by atoms with E-state index in [0.29, 0.717) is 24.8 Å². The maximum atomic E-state index is 13.6. The summed E-state index contributed by atoms with van der Waals surface area (Å²) < 4.78 is 29.2. The number of benzene rings is 1. The normalized spacial score (nSPS) is 21.6. The van der Waals surface area contributed by atoms with E-state index in [2.05, 4.69) is 46.3 Å². The number of sulfonamides is 1. The van der Waals surface area contributed by atoms with Crippen molar-refractivity contribution in [2.45, 2.75) is 95.4 Å². The summed E-state index contributed by atoms with van der Waals surface area (Å²) in [4.78, 5) is 26.9. The van der Waals surface area contributed by atoms with Crippen LogP contribution in [0.3, 0.4) is 0 Å². The largest absolute Gasteiger partial charge is 0.342 e. The Balaban J connectivity index is 1.48. The van der Waals surface area contributed by atoms with E-state index < -0.39 is 32.6 Å². The molecule has 0 saturated heterocycles. The van der Waals surface area contributed by atoms with Crippen LogP contribution in [0, 0.1) is 0 Å². The van der Waals surface area contributed by atoms with Crippen molar-refractivity contribution in [1.82, 2.24) is 19.8 Å². The lowest BCUT2D eigenvalue weighted by Crippen LogP contribution is -2.50. The highest BCUT2D eigenvalue weighted by atomic mass is 32.2. The summed E-state index contributed by atoms with van der Waals surface area (Å²) >= 11 is 0. The fraction of sp³-hybridized carbons (Fsp3) is 0.500. The Kier molecular flexibility index (Phi) is 7.80. The number of nitrogens with zero attached hydrogens (tertiary/aromatic N) is 2. The molecule has 1 atom stereocenters. The number of allylic oxidation sites excluding steroid dienone is 2. The number of carbonyl (C=O) groups excluding carboxylic acids is 2. The van der Waals surface area contributed by atoms with E-state index in [-0.39, 0.29) is 5.57 Å². The van der Waals surface area contributed by atoms with Crippen molar-refractivity contribution in [1.29, 1.82) is 0 Å². The molecule has 3 aliphatic rings. The Morgan fingerprint density at radius 1 is 1.18 bits per heavy atom. The highest BCUT2D eigenvalue weighted by molar-refractivity contribution is 7.91. The Morgan fingerprint density at radius 2 is 1.92 bits per heavy atom. The van der Waals surface area contributed by atoms with Gasteiger partial charge in [0.1, 0.15) is 5.57 Å². The first kappa shape index (κ1) is 27.4. The van der Waals surface area contributed by atoms with Gasteiger partial charge in [-0.1, -0.05) is 43.7 Å². The summed E-state index contributed by atoms with van der Waals surface area (Å²) in [5.41, 5.74) is 3.79. The van der Waals surface area contributed by atoms with Crippen molar-refractivity contribution in [3.8, 4) is 0 Å². The molecule has 0 spiro atoms. The molecule has 2 aliphatic carbocycles. The Bertz CT molecular complexity index is 1430. The zero-order valence-corrected chi connectivity index (χ0v) is 23.6. The highest BCUT2D eigenvalue weighted by Gasteiger charge is 2.43. The van der Waals surface area contributed by atoms with Crippen LogP contribution >= 0.6 is 0 Å². The molecule has 1 fully saturated rings. The first-order valence-corrected chi connectivity index (χ1v) is 15.7. The highest BCUT2D eigenvalue weighted by Crippen LogP contribution is 2.40. The Morgan fingerprint density at radius 3 is 2.67 bits per heavy atom. The van der Waals surface area contributed by atoms with Crippen LogP contribution in [-0.4, -0.2) is 35.3 Å². The fourth-order valence-electron chi connectivity index (χ4n) is 5.54. The minimum absolute atomic E-state index is 0.124. The number of unbranched alkanes of at least 4 members (excludes halogenated alkanes) is 1. The second kappa shape index (κ2) is 11.1. The van der Waals surface area contributed by atoms with E-state index in [0.717, 1.165) is 62.6 Å². The summed E-state index contributed by atoms with van der Waals surface area (Å²) in [6.07, 6.45) is 16.7. The lowest BCUT2D eigenvalue weighted by molar-refractivity contribution is -0.124. The minimum Gasteiger partial charge on any atom is -0.342 e. The summed E-state index contributed by atoms with van der Waals surface area (Å²) in [5.74, 6) is -1.43. The second-order valence-electron chi connectivity index (χ2n) is 11.2. The van der Waals surface area contributed by atoms with E-state index in [1.165, 1.54) is 11.1 Å². The van der Waals surface area contributed by atoms with Crippen LogP contribution in [0.1, 0.15) is 87.5 Å². The van der Waals surface area contributed by atoms with Crippen molar-refractivity contribution in [2.24, 2.45) is 0 Å². The molecule has 208 valence electrons. The van der Waals surface area contributed by atoms with Crippen LogP contribution in [0.5, 0.6) is 0 Å². The molecule has 39 heavy (non-hydrogen) atoms. The van der Waals surface area contributed by atoms with Crippen molar-refractivity contribution >= 4 is 27.4 Å². The minimum atomic E-state index is -3.80. The van der Waals surface area contributed by atoms with Crippen LogP contribution in [0.4, 0.5) is 0 Å². The maximum absolute atomic E-state index is 13.6. The standard InChI is InChI=1S/C30H38N4O4S/c1-3-4-5-6-9-16-34-20-24(19-31-34)30(2)18-26(23-13-12-21-10-7-8-11-22(21)17-23)27(28(35)32-30)29(36)33-39(37,38)25-14-15-25/h5-6,12-13,17,19-20,25H,3-4,7-11,14-16,18H2,1-2H3,(H,32,35)(H,33,36)/b6-5+/t30-/m0/s1. The molecule has 8 nitrogen and oxygen atoms in total. The number of aromatic nitrogens is 2. The third-order valence-corrected chi connectivity index (χ3v) is 9.81. The molecule has 2 amide bonds. The van der Waals surface area contributed by atoms with E-state index >= 15 is 0 Å². The topological polar surface area (TPSA) is 110 Å². The maximum Gasteiger partial charge on any atom is 0.270 e. The summed E-state index contributed by atoms with van der Waals surface area (Å²) in [7, 11) is -3.80. The predicted octanol–water partition coefficient (Wildman–Crippen LogP) is 4.31. The van der Waals surface area contributed by atoms with Crippen LogP contribution in [0.25, 0.3) is 5.57 Å².